The van der Waals surface area contributed by atoms with Gasteiger partial charge in [-0.15, -0.1) is 0 Å². The van der Waals surface area contributed by atoms with Gasteiger partial charge in [-0.05, 0) is 6.07 Å². The van der Waals surface area contributed by atoms with Crippen LogP contribution in [0.2, 0.25) is 0 Å². The first kappa shape index (κ1) is 8.99. The van der Waals surface area contributed by atoms with E-state index in [2.05, 4.69) is 30.9 Å². The molecular formula is C10H14N4. The zero-order valence-electron chi connectivity index (χ0n) is 8.65. The highest BCUT2D eigenvalue weighted by molar-refractivity contribution is 5.65. The molecule has 2 aromatic rings. The van der Waals surface area contributed by atoms with Gasteiger partial charge in [0, 0.05) is 17.8 Å². The van der Waals surface area contributed by atoms with Crippen molar-refractivity contribution in [3.05, 3.63) is 24.2 Å². The van der Waals surface area contributed by atoms with Crippen molar-refractivity contribution in [3.8, 4) is 0 Å². The molecule has 0 spiro atoms. The molecule has 2 rings (SSSR count). The first-order chi connectivity index (χ1) is 6.48. The van der Waals surface area contributed by atoms with Crippen molar-refractivity contribution in [2.75, 3.05) is 5.73 Å². The lowest BCUT2D eigenvalue weighted by molar-refractivity contribution is 0.562. The molecule has 4 heteroatoms. The number of aromatic nitrogens is 3. The van der Waals surface area contributed by atoms with E-state index in [0.717, 1.165) is 11.2 Å². The Morgan fingerprint density at radius 3 is 2.64 bits per heavy atom. The van der Waals surface area contributed by atoms with E-state index in [1.165, 1.54) is 0 Å². The summed E-state index contributed by atoms with van der Waals surface area (Å²) in [5, 5.41) is 4.44. The summed E-state index contributed by atoms with van der Waals surface area (Å²) in [7, 11) is 0. The number of rotatable bonds is 0. The second-order valence-corrected chi connectivity index (χ2v) is 4.42. The van der Waals surface area contributed by atoms with Crippen LogP contribution in [0.1, 0.15) is 26.5 Å². The Balaban J connectivity index is 2.69. The van der Waals surface area contributed by atoms with Crippen molar-refractivity contribution in [1.82, 2.24) is 14.6 Å². The smallest absolute Gasteiger partial charge is 0.149 e. The first-order valence-corrected chi connectivity index (χ1v) is 4.59. The number of hydrogen-bond acceptors (Lipinski definition) is 3. The second-order valence-electron chi connectivity index (χ2n) is 4.42. The maximum atomic E-state index is 5.74. The Bertz CT molecular complexity index is 464. The van der Waals surface area contributed by atoms with Gasteiger partial charge in [0.2, 0.25) is 0 Å². The molecule has 2 aromatic heterocycles. The molecule has 4 nitrogen and oxygen atoms in total. The summed E-state index contributed by atoms with van der Waals surface area (Å²) in [6, 6.07) is 1.99. The summed E-state index contributed by atoms with van der Waals surface area (Å²) >= 11 is 0. The Labute approximate surface area is 82.8 Å². The Morgan fingerprint density at radius 1 is 1.36 bits per heavy atom. The SMILES string of the molecule is CC(C)(C)c1cc2c(N)nccn2n1. The van der Waals surface area contributed by atoms with Gasteiger partial charge in [0.05, 0.1) is 5.69 Å². The zero-order valence-corrected chi connectivity index (χ0v) is 8.65. The lowest BCUT2D eigenvalue weighted by Crippen LogP contribution is -2.11. The van der Waals surface area contributed by atoms with Crippen molar-refractivity contribution in [1.29, 1.82) is 0 Å². The van der Waals surface area contributed by atoms with Gasteiger partial charge < -0.3 is 5.73 Å². The Hall–Kier alpha value is -1.58. The fourth-order valence-corrected chi connectivity index (χ4v) is 1.31. The highest BCUT2D eigenvalue weighted by Gasteiger charge is 2.18. The lowest BCUT2D eigenvalue weighted by Gasteiger charge is -2.13. The van der Waals surface area contributed by atoms with Gasteiger partial charge in [-0.25, -0.2) is 9.50 Å². The molecule has 14 heavy (non-hydrogen) atoms. The predicted molar refractivity (Wildman–Crippen MR) is 56.1 cm³/mol. The van der Waals surface area contributed by atoms with Gasteiger partial charge in [-0.2, -0.15) is 5.10 Å². The quantitative estimate of drug-likeness (QED) is 0.686. The van der Waals surface area contributed by atoms with Gasteiger partial charge in [-0.1, -0.05) is 20.8 Å². The van der Waals surface area contributed by atoms with E-state index in [-0.39, 0.29) is 5.41 Å². The van der Waals surface area contributed by atoms with Crippen molar-refractivity contribution < 1.29 is 0 Å². The van der Waals surface area contributed by atoms with Crippen LogP contribution in [0.25, 0.3) is 5.52 Å². The molecule has 0 aromatic carbocycles. The van der Waals surface area contributed by atoms with Crippen LogP contribution in [-0.4, -0.2) is 14.6 Å². The van der Waals surface area contributed by atoms with Crippen molar-refractivity contribution in [2.24, 2.45) is 0 Å². The van der Waals surface area contributed by atoms with E-state index in [9.17, 15) is 0 Å². The minimum absolute atomic E-state index is 0.0401. The molecule has 0 aliphatic heterocycles. The minimum atomic E-state index is 0.0401. The summed E-state index contributed by atoms with van der Waals surface area (Å²) in [5.41, 5.74) is 7.68. The van der Waals surface area contributed by atoms with Crippen LogP contribution in [0.3, 0.4) is 0 Å². The number of fused-ring (bicyclic) bond motifs is 1. The van der Waals surface area contributed by atoms with Crippen molar-refractivity contribution >= 4 is 11.3 Å². The van der Waals surface area contributed by atoms with E-state index in [0.29, 0.717) is 5.82 Å². The number of nitrogens with two attached hydrogens (primary N) is 1. The summed E-state index contributed by atoms with van der Waals surface area (Å²) < 4.78 is 1.77. The summed E-state index contributed by atoms with van der Waals surface area (Å²) in [4.78, 5) is 4.02. The van der Waals surface area contributed by atoms with E-state index >= 15 is 0 Å². The fraction of sp³-hybridized carbons (Fsp3) is 0.400. The fourth-order valence-electron chi connectivity index (χ4n) is 1.31. The van der Waals surface area contributed by atoms with Crippen LogP contribution in [0.4, 0.5) is 5.82 Å². The number of anilines is 1. The summed E-state index contributed by atoms with van der Waals surface area (Å²) in [6.45, 7) is 6.37. The third kappa shape index (κ3) is 1.32. The first-order valence-electron chi connectivity index (χ1n) is 4.59. The van der Waals surface area contributed by atoms with Crippen LogP contribution in [0.15, 0.2) is 18.5 Å². The molecule has 0 bridgehead atoms. The molecule has 0 fully saturated rings. The maximum Gasteiger partial charge on any atom is 0.149 e. The van der Waals surface area contributed by atoms with Gasteiger partial charge >= 0.3 is 0 Å². The van der Waals surface area contributed by atoms with Crippen LogP contribution < -0.4 is 5.73 Å². The standard InChI is InChI=1S/C10H14N4/c1-10(2,3)8-6-7-9(11)12-4-5-14(7)13-8/h4-6H,1-3H3,(H2,11,12). The molecule has 0 saturated carbocycles. The molecule has 0 aliphatic carbocycles. The molecule has 0 saturated heterocycles. The van der Waals surface area contributed by atoms with Crippen molar-refractivity contribution in [2.45, 2.75) is 26.2 Å². The molecule has 0 aliphatic rings. The predicted octanol–water partition coefficient (Wildman–Crippen LogP) is 1.61. The third-order valence-electron chi connectivity index (χ3n) is 2.19. The zero-order chi connectivity index (χ0) is 10.3. The van der Waals surface area contributed by atoms with Crippen LogP contribution in [0.5, 0.6) is 0 Å². The van der Waals surface area contributed by atoms with Crippen LogP contribution >= 0.6 is 0 Å². The van der Waals surface area contributed by atoms with Crippen LogP contribution in [-0.2, 0) is 5.41 Å². The topological polar surface area (TPSA) is 56.2 Å². The number of hydrogen-bond donors (Lipinski definition) is 1. The molecule has 0 atom stereocenters. The molecule has 0 radical (unpaired) electrons. The molecule has 2 heterocycles. The number of nitrogens with zero attached hydrogens (tertiary/aromatic N) is 3. The second kappa shape index (κ2) is 2.70. The molecular weight excluding hydrogens is 176 g/mol. The minimum Gasteiger partial charge on any atom is -0.382 e. The average molecular weight is 190 g/mol. The largest absolute Gasteiger partial charge is 0.382 e. The molecule has 2 N–H and O–H groups in total. The van der Waals surface area contributed by atoms with E-state index < -0.39 is 0 Å². The maximum absolute atomic E-state index is 5.74. The van der Waals surface area contributed by atoms with Gasteiger partial charge in [0.25, 0.3) is 0 Å². The summed E-state index contributed by atoms with van der Waals surface area (Å²) in [6.07, 6.45) is 3.46. The monoisotopic (exact) mass is 190 g/mol. The highest BCUT2D eigenvalue weighted by atomic mass is 15.2. The summed E-state index contributed by atoms with van der Waals surface area (Å²) in [5.74, 6) is 0.524. The van der Waals surface area contributed by atoms with Gasteiger partial charge in [0.1, 0.15) is 11.3 Å². The Morgan fingerprint density at radius 2 is 2.07 bits per heavy atom. The lowest BCUT2D eigenvalue weighted by atomic mass is 9.92. The molecule has 0 amide bonds. The molecule has 74 valence electrons. The van der Waals surface area contributed by atoms with Crippen molar-refractivity contribution in [3.63, 3.8) is 0 Å². The Kier molecular flexibility index (Phi) is 1.74. The van der Waals surface area contributed by atoms with E-state index in [4.69, 9.17) is 5.73 Å². The van der Waals surface area contributed by atoms with E-state index in [1.54, 1.807) is 16.9 Å². The van der Waals surface area contributed by atoms with Gasteiger partial charge in [-0.3, -0.25) is 0 Å². The van der Waals surface area contributed by atoms with Gasteiger partial charge in [0.15, 0.2) is 0 Å². The number of nitrogen functional groups attached to an aromatic ring is 1. The normalized spacial score (nSPS) is 12.2. The highest BCUT2D eigenvalue weighted by Crippen LogP contribution is 2.23. The molecule has 0 unspecified atom stereocenters. The average Bonchev–Trinajstić information content (AvgIpc) is 2.48. The van der Waals surface area contributed by atoms with E-state index in [1.807, 2.05) is 6.07 Å². The van der Waals surface area contributed by atoms with Crippen LogP contribution in [0, 0.1) is 0 Å². The third-order valence-corrected chi connectivity index (χ3v) is 2.19.